The fourth-order valence-corrected chi connectivity index (χ4v) is 1.90. The molecular weight excluding hydrogens is 194 g/mol. The zero-order valence-corrected chi connectivity index (χ0v) is 9.44. The van der Waals surface area contributed by atoms with Crippen molar-refractivity contribution in [3.05, 3.63) is 0 Å². The SMILES string of the molecule is CCC(NC(C)C1CCCO1)C(N)=NO. The molecular formula is C10H21N3O2. The first-order chi connectivity index (χ1) is 7.19. The molecule has 1 aliphatic heterocycles. The molecule has 0 spiro atoms. The van der Waals surface area contributed by atoms with Crippen molar-refractivity contribution in [2.45, 2.75) is 51.3 Å². The topological polar surface area (TPSA) is 79.9 Å². The van der Waals surface area contributed by atoms with Crippen LogP contribution < -0.4 is 11.1 Å². The molecule has 1 heterocycles. The predicted octanol–water partition coefficient (Wildman–Crippen LogP) is 0.669. The first kappa shape index (κ1) is 12.3. The van der Waals surface area contributed by atoms with Gasteiger partial charge >= 0.3 is 0 Å². The second-order valence-electron chi connectivity index (χ2n) is 3.99. The number of hydrogen-bond donors (Lipinski definition) is 3. The van der Waals surface area contributed by atoms with Crippen LogP contribution in [0.1, 0.15) is 33.1 Å². The normalized spacial score (nSPS) is 26.5. The van der Waals surface area contributed by atoms with E-state index < -0.39 is 0 Å². The van der Waals surface area contributed by atoms with Gasteiger partial charge in [-0.25, -0.2) is 0 Å². The van der Waals surface area contributed by atoms with E-state index in [1.54, 1.807) is 0 Å². The monoisotopic (exact) mass is 215 g/mol. The largest absolute Gasteiger partial charge is 0.409 e. The molecule has 0 radical (unpaired) electrons. The molecule has 0 aromatic rings. The van der Waals surface area contributed by atoms with Gasteiger partial charge in [0.2, 0.25) is 0 Å². The predicted molar refractivity (Wildman–Crippen MR) is 59.1 cm³/mol. The number of rotatable bonds is 5. The van der Waals surface area contributed by atoms with E-state index in [1.165, 1.54) is 0 Å². The molecule has 3 unspecified atom stereocenters. The van der Waals surface area contributed by atoms with Crippen molar-refractivity contribution in [1.82, 2.24) is 5.32 Å². The molecule has 15 heavy (non-hydrogen) atoms. The van der Waals surface area contributed by atoms with E-state index >= 15 is 0 Å². The highest BCUT2D eigenvalue weighted by Gasteiger charge is 2.25. The lowest BCUT2D eigenvalue weighted by atomic mass is 10.1. The molecule has 3 atom stereocenters. The molecule has 0 aromatic carbocycles. The van der Waals surface area contributed by atoms with Crippen LogP contribution in [0.3, 0.4) is 0 Å². The van der Waals surface area contributed by atoms with Gasteiger partial charge in [0.05, 0.1) is 12.1 Å². The van der Waals surface area contributed by atoms with Crippen molar-refractivity contribution in [1.29, 1.82) is 0 Å². The lowest BCUT2D eigenvalue weighted by Crippen LogP contribution is -2.49. The summed E-state index contributed by atoms with van der Waals surface area (Å²) in [6.45, 7) is 4.91. The molecule has 1 rings (SSSR count). The molecule has 1 saturated heterocycles. The number of nitrogens with one attached hydrogen (secondary N) is 1. The van der Waals surface area contributed by atoms with E-state index in [0.717, 1.165) is 25.9 Å². The highest BCUT2D eigenvalue weighted by atomic mass is 16.5. The number of oxime groups is 1. The summed E-state index contributed by atoms with van der Waals surface area (Å²) < 4.78 is 5.57. The van der Waals surface area contributed by atoms with Gasteiger partial charge in [-0.3, -0.25) is 0 Å². The lowest BCUT2D eigenvalue weighted by Gasteiger charge is -2.25. The third kappa shape index (κ3) is 3.35. The number of hydrogen-bond acceptors (Lipinski definition) is 4. The Balaban J connectivity index is 2.43. The van der Waals surface area contributed by atoms with Gasteiger partial charge in [-0.1, -0.05) is 12.1 Å². The average Bonchev–Trinajstić information content (AvgIpc) is 2.77. The quantitative estimate of drug-likeness (QED) is 0.272. The van der Waals surface area contributed by atoms with Crippen LogP contribution in [0.4, 0.5) is 0 Å². The van der Waals surface area contributed by atoms with E-state index in [0.29, 0.717) is 0 Å². The minimum absolute atomic E-state index is 0.0748. The van der Waals surface area contributed by atoms with Crippen LogP contribution in [0, 0.1) is 0 Å². The van der Waals surface area contributed by atoms with Crippen LogP contribution in [0.25, 0.3) is 0 Å². The second kappa shape index (κ2) is 5.92. The van der Waals surface area contributed by atoms with Gasteiger partial charge in [0.15, 0.2) is 5.84 Å². The maximum atomic E-state index is 8.61. The van der Waals surface area contributed by atoms with E-state index in [-0.39, 0.29) is 24.0 Å². The molecule has 5 heteroatoms. The zero-order valence-electron chi connectivity index (χ0n) is 9.44. The third-order valence-corrected chi connectivity index (χ3v) is 2.87. The summed E-state index contributed by atoms with van der Waals surface area (Å²) in [6.07, 6.45) is 3.26. The van der Waals surface area contributed by atoms with E-state index in [4.69, 9.17) is 15.7 Å². The molecule has 0 saturated carbocycles. The van der Waals surface area contributed by atoms with E-state index in [2.05, 4.69) is 17.4 Å². The molecule has 0 aliphatic carbocycles. The Bertz CT molecular complexity index is 215. The zero-order chi connectivity index (χ0) is 11.3. The smallest absolute Gasteiger partial charge is 0.156 e. The van der Waals surface area contributed by atoms with Gasteiger partial charge < -0.3 is 21.0 Å². The highest BCUT2D eigenvalue weighted by Crippen LogP contribution is 2.15. The second-order valence-corrected chi connectivity index (χ2v) is 3.99. The van der Waals surface area contributed by atoms with Crippen LogP contribution in [0.5, 0.6) is 0 Å². The number of amidine groups is 1. The first-order valence-corrected chi connectivity index (χ1v) is 5.54. The van der Waals surface area contributed by atoms with Crippen LogP contribution in [-0.2, 0) is 4.74 Å². The Hall–Kier alpha value is -0.810. The molecule has 1 aliphatic rings. The first-order valence-electron chi connectivity index (χ1n) is 5.54. The molecule has 0 aromatic heterocycles. The molecule has 5 nitrogen and oxygen atoms in total. The summed E-state index contributed by atoms with van der Waals surface area (Å²) in [5, 5.41) is 15.0. The fraction of sp³-hybridized carbons (Fsp3) is 0.900. The van der Waals surface area contributed by atoms with Crippen molar-refractivity contribution in [2.24, 2.45) is 10.9 Å². The summed E-state index contributed by atoms with van der Waals surface area (Å²) in [5.41, 5.74) is 5.57. The van der Waals surface area contributed by atoms with Crippen LogP contribution in [0.2, 0.25) is 0 Å². The average molecular weight is 215 g/mol. The molecule has 1 fully saturated rings. The standard InChI is InChI=1S/C10H21N3O2/c1-3-8(10(11)13-14)12-7(2)9-5-4-6-15-9/h7-9,12,14H,3-6H2,1-2H3,(H2,11,13). The summed E-state index contributed by atoms with van der Waals surface area (Å²) in [5.74, 6) is 0.238. The molecule has 0 bridgehead atoms. The van der Waals surface area contributed by atoms with Crippen molar-refractivity contribution < 1.29 is 9.94 Å². The Morgan fingerprint density at radius 2 is 2.47 bits per heavy atom. The van der Waals surface area contributed by atoms with Gasteiger partial charge in [-0.05, 0) is 26.2 Å². The van der Waals surface area contributed by atoms with Gasteiger partial charge in [-0.2, -0.15) is 0 Å². The maximum Gasteiger partial charge on any atom is 0.156 e. The summed E-state index contributed by atoms with van der Waals surface area (Å²) in [7, 11) is 0. The summed E-state index contributed by atoms with van der Waals surface area (Å²) in [6, 6.07) is 0.159. The van der Waals surface area contributed by atoms with Crippen LogP contribution in [-0.4, -0.2) is 35.8 Å². The maximum absolute atomic E-state index is 8.61. The van der Waals surface area contributed by atoms with Crippen molar-refractivity contribution in [3.8, 4) is 0 Å². The Morgan fingerprint density at radius 3 is 2.93 bits per heavy atom. The molecule has 4 N–H and O–H groups in total. The Labute approximate surface area is 90.7 Å². The van der Waals surface area contributed by atoms with Gasteiger partial charge in [0.1, 0.15) is 0 Å². The van der Waals surface area contributed by atoms with Crippen molar-refractivity contribution in [3.63, 3.8) is 0 Å². The van der Waals surface area contributed by atoms with Crippen molar-refractivity contribution in [2.75, 3.05) is 6.61 Å². The van der Waals surface area contributed by atoms with Gasteiger partial charge in [0.25, 0.3) is 0 Å². The van der Waals surface area contributed by atoms with Gasteiger partial charge in [-0.15, -0.1) is 0 Å². The highest BCUT2D eigenvalue weighted by molar-refractivity contribution is 5.85. The third-order valence-electron chi connectivity index (χ3n) is 2.87. The Morgan fingerprint density at radius 1 is 1.73 bits per heavy atom. The van der Waals surface area contributed by atoms with Crippen LogP contribution >= 0.6 is 0 Å². The fourth-order valence-electron chi connectivity index (χ4n) is 1.90. The minimum Gasteiger partial charge on any atom is -0.409 e. The Kier molecular flexibility index (Phi) is 4.84. The molecule has 88 valence electrons. The van der Waals surface area contributed by atoms with E-state index in [1.807, 2.05) is 6.92 Å². The van der Waals surface area contributed by atoms with Crippen molar-refractivity contribution >= 4 is 5.84 Å². The summed E-state index contributed by atoms with van der Waals surface area (Å²) in [4.78, 5) is 0. The van der Waals surface area contributed by atoms with Crippen LogP contribution in [0.15, 0.2) is 5.16 Å². The molecule has 0 amide bonds. The number of ether oxygens (including phenoxy) is 1. The van der Waals surface area contributed by atoms with Gasteiger partial charge in [0, 0.05) is 12.6 Å². The number of nitrogens with zero attached hydrogens (tertiary/aromatic N) is 1. The lowest BCUT2D eigenvalue weighted by molar-refractivity contribution is 0.0818. The summed E-state index contributed by atoms with van der Waals surface area (Å²) >= 11 is 0. The minimum atomic E-state index is -0.0748. The van der Waals surface area contributed by atoms with E-state index in [9.17, 15) is 0 Å². The number of nitrogens with two attached hydrogens (primary N) is 1.